The predicted molar refractivity (Wildman–Crippen MR) is 191 cm³/mol. The molecule has 2 heterocycles. The predicted octanol–water partition coefficient (Wildman–Crippen LogP) is 11.7. The van der Waals surface area contributed by atoms with Gasteiger partial charge in [-0.05, 0) is 111 Å². The van der Waals surface area contributed by atoms with Crippen LogP contribution in [0, 0.1) is 0 Å². The molecule has 9 rings (SSSR count). The van der Waals surface area contributed by atoms with Crippen molar-refractivity contribution >= 4 is 44.3 Å². The van der Waals surface area contributed by atoms with Gasteiger partial charge in [0.2, 0.25) is 0 Å². The van der Waals surface area contributed by atoms with Gasteiger partial charge in [0.25, 0.3) is 0 Å². The molecule has 0 aliphatic carbocycles. The van der Waals surface area contributed by atoms with E-state index in [0.717, 1.165) is 16.2 Å². The first-order valence-electron chi connectivity index (χ1n) is 15.5. The number of aromatic nitrogens is 2. The van der Waals surface area contributed by atoms with E-state index in [1.807, 2.05) is 11.8 Å². The molecule has 0 N–H and O–H groups in total. The van der Waals surface area contributed by atoms with E-state index in [2.05, 4.69) is 164 Å². The second-order valence-electron chi connectivity index (χ2n) is 12.5. The number of imidazole rings is 1. The normalized spacial score (nSPS) is 13.6. The van der Waals surface area contributed by atoms with Crippen LogP contribution in [-0.4, -0.2) is 9.55 Å². The largest absolute Gasteiger partial charge is 0.286 e. The van der Waals surface area contributed by atoms with Crippen LogP contribution in [0.3, 0.4) is 0 Å². The van der Waals surface area contributed by atoms with Crippen molar-refractivity contribution in [3.8, 4) is 39.1 Å². The Morgan fingerprint density at radius 2 is 1.09 bits per heavy atom. The molecule has 3 heteroatoms. The summed E-state index contributed by atoms with van der Waals surface area (Å²) in [6.45, 7) is 4.63. The fourth-order valence-corrected chi connectivity index (χ4v) is 8.09. The van der Waals surface area contributed by atoms with Crippen molar-refractivity contribution in [3.63, 3.8) is 0 Å². The standard InChI is InChI=1S/C42H30N2S/c1-42(2)37-15-9-14-36(40(37)44-39-17-8-7-16-38(39)43-41(44)45-42)35-25-33(31-20-18-27-10-3-5-12-29(27)22-31)24-34(26-35)32-21-19-28-11-4-6-13-30(28)23-32/h3-26H,1-2H3. The molecule has 0 bridgehead atoms. The maximum atomic E-state index is 5.10. The van der Waals surface area contributed by atoms with E-state index in [1.54, 1.807) is 0 Å². The van der Waals surface area contributed by atoms with Crippen LogP contribution in [0.2, 0.25) is 0 Å². The number of nitrogens with zero attached hydrogens (tertiary/aromatic N) is 2. The Balaban J connectivity index is 1.33. The third kappa shape index (κ3) is 4.30. The molecule has 2 nitrogen and oxygen atoms in total. The molecule has 8 aromatic rings. The van der Waals surface area contributed by atoms with Crippen molar-refractivity contribution in [3.05, 3.63) is 151 Å². The third-order valence-corrected chi connectivity index (χ3v) is 10.4. The van der Waals surface area contributed by atoms with Crippen LogP contribution >= 0.6 is 11.8 Å². The second kappa shape index (κ2) is 9.95. The molecular formula is C42H30N2S. The lowest BCUT2D eigenvalue weighted by molar-refractivity contribution is 0.729. The summed E-state index contributed by atoms with van der Waals surface area (Å²) in [5.74, 6) is 0. The van der Waals surface area contributed by atoms with Gasteiger partial charge in [-0.3, -0.25) is 4.57 Å². The van der Waals surface area contributed by atoms with E-state index < -0.39 is 0 Å². The minimum Gasteiger partial charge on any atom is -0.286 e. The van der Waals surface area contributed by atoms with E-state index in [9.17, 15) is 0 Å². The molecule has 0 amide bonds. The number of hydrogen-bond donors (Lipinski definition) is 0. The maximum Gasteiger partial charge on any atom is 0.174 e. The minimum absolute atomic E-state index is 0.125. The third-order valence-electron chi connectivity index (χ3n) is 9.19. The Morgan fingerprint density at radius 3 is 1.76 bits per heavy atom. The zero-order valence-electron chi connectivity index (χ0n) is 25.2. The van der Waals surface area contributed by atoms with Crippen molar-refractivity contribution in [2.45, 2.75) is 23.8 Å². The highest BCUT2D eigenvalue weighted by Crippen LogP contribution is 2.51. The summed E-state index contributed by atoms with van der Waals surface area (Å²) >= 11 is 1.84. The monoisotopic (exact) mass is 594 g/mol. The van der Waals surface area contributed by atoms with Crippen LogP contribution in [0.1, 0.15) is 19.4 Å². The Labute approximate surface area is 267 Å². The number of fused-ring (bicyclic) bond motifs is 7. The molecule has 7 aromatic carbocycles. The number of rotatable bonds is 3. The minimum atomic E-state index is -0.125. The van der Waals surface area contributed by atoms with Crippen LogP contribution < -0.4 is 0 Å². The summed E-state index contributed by atoms with van der Waals surface area (Å²) in [6.07, 6.45) is 0. The van der Waals surface area contributed by atoms with Gasteiger partial charge in [0.05, 0.1) is 16.7 Å². The lowest BCUT2D eigenvalue weighted by Gasteiger charge is -2.34. The van der Waals surface area contributed by atoms with Gasteiger partial charge in [0.15, 0.2) is 5.16 Å². The van der Waals surface area contributed by atoms with E-state index >= 15 is 0 Å². The molecule has 0 spiro atoms. The van der Waals surface area contributed by atoms with Gasteiger partial charge in [-0.1, -0.05) is 115 Å². The van der Waals surface area contributed by atoms with Gasteiger partial charge in [-0.15, -0.1) is 0 Å². The fourth-order valence-electron chi connectivity index (χ4n) is 6.93. The highest BCUT2D eigenvalue weighted by molar-refractivity contribution is 8.00. The molecule has 0 saturated carbocycles. The lowest BCUT2D eigenvalue weighted by atomic mass is 9.89. The lowest BCUT2D eigenvalue weighted by Crippen LogP contribution is -2.22. The number of benzene rings is 7. The first kappa shape index (κ1) is 26.3. The highest BCUT2D eigenvalue weighted by Gasteiger charge is 2.35. The Hall–Kier alpha value is -5.12. The van der Waals surface area contributed by atoms with Crippen LogP contribution in [0.15, 0.2) is 151 Å². The van der Waals surface area contributed by atoms with Crippen molar-refractivity contribution in [1.82, 2.24) is 9.55 Å². The molecule has 0 saturated heterocycles. The average molecular weight is 595 g/mol. The molecule has 0 radical (unpaired) electrons. The quantitative estimate of drug-likeness (QED) is 0.202. The van der Waals surface area contributed by atoms with Crippen LogP contribution in [-0.2, 0) is 4.75 Å². The summed E-state index contributed by atoms with van der Waals surface area (Å²) in [5.41, 5.74) is 12.0. The molecule has 214 valence electrons. The molecular weight excluding hydrogens is 565 g/mol. The number of hydrogen-bond acceptors (Lipinski definition) is 2. The maximum absolute atomic E-state index is 5.10. The van der Waals surface area contributed by atoms with E-state index in [4.69, 9.17) is 4.98 Å². The molecule has 45 heavy (non-hydrogen) atoms. The molecule has 0 unspecified atom stereocenters. The molecule has 1 aliphatic heterocycles. The van der Waals surface area contributed by atoms with E-state index in [-0.39, 0.29) is 4.75 Å². The van der Waals surface area contributed by atoms with E-state index in [1.165, 1.54) is 66.2 Å². The summed E-state index contributed by atoms with van der Waals surface area (Å²) in [5, 5.41) is 6.05. The summed E-state index contributed by atoms with van der Waals surface area (Å²) in [6, 6.07) is 53.2. The van der Waals surface area contributed by atoms with Gasteiger partial charge in [0, 0.05) is 10.3 Å². The molecule has 0 atom stereocenters. The molecule has 1 aromatic heterocycles. The second-order valence-corrected chi connectivity index (χ2v) is 14.0. The van der Waals surface area contributed by atoms with Gasteiger partial charge < -0.3 is 0 Å². The summed E-state index contributed by atoms with van der Waals surface area (Å²) in [4.78, 5) is 5.10. The SMILES string of the molecule is CC1(C)Sc2nc3ccccc3n2-c2c(-c3cc(-c4ccc5ccccc5c4)cc(-c4ccc5ccccc5c4)c3)cccc21. The van der Waals surface area contributed by atoms with Crippen LogP contribution in [0.5, 0.6) is 0 Å². The summed E-state index contributed by atoms with van der Waals surface area (Å²) < 4.78 is 2.26. The molecule has 1 aliphatic rings. The van der Waals surface area contributed by atoms with Crippen LogP contribution in [0.4, 0.5) is 0 Å². The number of para-hydroxylation sites is 3. The first-order chi connectivity index (χ1) is 22.0. The first-order valence-corrected chi connectivity index (χ1v) is 16.3. The average Bonchev–Trinajstić information content (AvgIpc) is 3.44. The van der Waals surface area contributed by atoms with Crippen LogP contribution in [0.25, 0.3) is 71.6 Å². The van der Waals surface area contributed by atoms with Crippen molar-refractivity contribution in [2.75, 3.05) is 0 Å². The number of thioether (sulfide) groups is 1. The Morgan fingerprint density at radius 1 is 0.511 bits per heavy atom. The van der Waals surface area contributed by atoms with Crippen molar-refractivity contribution in [1.29, 1.82) is 0 Å². The zero-order chi connectivity index (χ0) is 30.1. The van der Waals surface area contributed by atoms with Gasteiger partial charge in [-0.2, -0.15) is 0 Å². The zero-order valence-corrected chi connectivity index (χ0v) is 26.0. The Bertz CT molecular complexity index is 2350. The highest BCUT2D eigenvalue weighted by atomic mass is 32.2. The van der Waals surface area contributed by atoms with Gasteiger partial charge in [-0.25, -0.2) is 4.98 Å². The summed E-state index contributed by atoms with van der Waals surface area (Å²) in [7, 11) is 0. The van der Waals surface area contributed by atoms with Gasteiger partial charge >= 0.3 is 0 Å². The van der Waals surface area contributed by atoms with Crippen molar-refractivity contribution < 1.29 is 0 Å². The Kier molecular flexibility index (Phi) is 5.81. The topological polar surface area (TPSA) is 17.8 Å². The fraction of sp³-hybridized carbons (Fsp3) is 0.0714. The van der Waals surface area contributed by atoms with Crippen molar-refractivity contribution in [2.24, 2.45) is 0 Å². The molecule has 0 fully saturated rings. The van der Waals surface area contributed by atoms with E-state index in [0.29, 0.717) is 0 Å². The van der Waals surface area contributed by atoms with Gasteiger partial charge in [0.1, 0.15) is 0 Å². The smallest absolute Gasteiger partial charge is 0.174 e.